The van der Waals surface area contributed by atoms with Gasteiger partial charge in [0.25, 0.3) is 0 Å². The molecule has 1 fully saturated rings. The molecule has 186 valence electrons. The molecule has 0 radical (unpaired) electrons. The number of hydrogen-bond donors (Lipinski definition) is 2. The molecule has 2 unspecified atom stereocenters. The van der Waals surface area contributed by atoms with Gasteiger partial charge < -0.3 is 9.84 Å². The van der Waals surface area contributed by atoms with Gasteiger partial charge in [-0.05, 0) is 45.0 Å². The molecule has 11 heteroatoms. The maximum absolute atomic E-state index is 12.7. The molecule has 0 saturated carbocycles. The number of nitrogens with two attached hydrogens (primary N) is 1. The minimum Gasteiger partial charge on any atom is -0.337 e. The van der Waals surface area contributed by atoms with E-state index < -0.39 is 10.0 Å². The van der Waals surface area contributed by atoms with E-state index in [4.69, 9.17) is 9.66 Å². The van der Waals surface area contributed by atoms with Crippen molar-refractivity contribution >= 4 is 21.6 Å². The molecule has 2 atom stereocenters. The molecule has 1 aliphatic rings. The van der Waals surface area contributed by atoms with E-state index in [0.29, 0.717) is 30.5 Å². The van der Waals surface area contributed by atoms with Crippen molar-refractivity contribution in [2.24, 2.45) is 5.14 Å². The largest absolute Gasteiger partial charge is 0.337 e. The number of anilines is 1. The molecule has 1 amide bonds. The first-order chi connectivity index (χ1) is 16.6. The zero-order chi connectivity index (χ0) is 25.2. The molecule has 0 spiro atoms. The summed E-state index contributed by atoms with van der Waals surface area (Å²) < 4.78 is 28.3. The molecule has 10 nitrogen and oxygen atoms in total. The molecule has 1 saturated heterocycles. The number of carbonyl (C=O) groups is 1. The number of aryl methyl sites for hydroxylation is 1. The number of nitrogens with zero attached hydrogens (tertiary/aromatic N) is 4. The maximum Gasteiger partial charge on any atom is 0.244 e. The van der Waals surface area contributed by atoms with E-state index in [0.717, 1.165) is 18.7 Å². The van der Waals surface area contributed by atoms with Crippen molar-refractivity contribution in [3.63, 3.8) is 0 Å². The van der Waals surface area contributed by atoms with Crippen LogP contribution in [0.3, 0.4) is 0 Å². The fraction of sp³-hybridized carbons (Fsp3) is 0.375. The quantitative estimate of drug-likeness (QED) is 0.507. The summed E-state index contributed by atoms with van der Waals surface area (Å²) in [5, 5.41) is 12.1. The third-order valence-electron chi connectivity index (χ3n) is 6.38. The molecular formula is C24H30N6O4S. The Bertz CT molecular complexity index is 1270. The highest BCUT2D eigenvalue weighted by Gasteiger charge is 2.30. The van der Waals surface area contributed by atoms with E-state index in [1.54, 1.807) is 0 Å². The molecule has 3 aromatic rings. The third-order valence-corrected chi connectivity index (χ3v) is 7.31. The Morgan fingerprint density at radius 3 is 2.20 bits per heavy atom. The van der Waals surface area contributed by atoms with Crippen LogP contribution < -0.4 is 10.5 Å². The van der Waals surface area contributed by atoms with Gasteiger partial charge in [0.05, 0.1) is 17.0 Å². The number of nitrogens with one attached hydrogen (secondary N) is 1. The molecule has 3 N–H and O–H groups in total. The van der Waals surface area contributed by atoms with Crippen molar-refractivity contribution < 1.29 is 17.7 Å². The van der Waals surface area contributed by atoms with E-state index in [1.165, 1.54) is 29.8 Å². The summed E-state index contributed by atoms with van der Waals surface area (Å²) in [5.74, 6) is 0.991. The van der Waals surface area contributed by atoms with Crippen LogP contribution in [0.15, 0.2) is 57.9 Å². The third kappa shape index (κ3) is 5.93. The topological polar surface area (TPSA) is 135 Å². The van der Waals surface area contributed by atoms with Crippen LogP contribution in [0.1, 0.15) is 31.3 Å². The second-order valence-electron chi connectivity index (χ2n) is 8.80. The van der Waals surface area contributed by atoms with Crippen LogP contribution in [-0.4, -0.2) is 66.5 Å². The molecule has 4 rings (SSSR count). The second-order valence-corrected chi connectivity index (χ2v) is 10.4. The van der Waals surface area contributed by atoms with Gasteiger partial charge in [0.2, 0.25) is 27.6 Å². The Hall–Kier alpha value is -3.12. The SMILES string of the molecule is Cc1ccc(-c2noc(C(C)N3CCN(C(C)C(=O)Nc4ccc(S(N)(=O)=O)cc4)CC3)n2)cc1. The molecule has 2 heterocycles. The predicted octanol–water partition coefficient (Wildman–Crippen LogP) is 2.40. The van der Waals surface area contributed by atoms with Gasteiger partial charge >= 0.3 is 0 Å². The number of rotatable bonds is 7. The summed E-state index contributed by atoms with van der Waals surface area (Å²) in [7, 11) is -3.77. The summed E-state index contributed by atoms with van der Waals surface area (Å²) >= 11 is 0. The van der Waals surface area contributed by atoms with Crippen LogP contribution in [0.5, 0.6) is 0 Å². The lowest BCUT2D eigenvalue weighted by Gasteiger charge is -2.39. The molecular weight excluding hydrogens is 468 g/mol. The van der Waals surface area contributed by atoms with Crippen molar-refractivity contribution in [3.05, 3.63) is 60.0 Å². The lowest BCUT2D eigenvalue weighted by atomic mass is 10.1. The fourth-order valence-electron chi connectivity index (χ4n) is 4.03. The smallest absolute Gasteiger partial charge is 0.244 e. The monoisotopic (exact) mass is 498 g/mol. The minimum atomic E-state index is -3.77. The van der Waals surface area contributed by atoms with E-state index in [1.807, 2.05) is 45.0 Å². The van der Waals surface area contributed by atoms with Gasteiger partial charge in [-0.15, -0.1) is 0 Å². The number of piperazine rings is 1. The number of hydrogen-bond acceptors (Lipinski definition) is 8. The predicted molar refractivity (Wildman–Crippen MR) is 132 cm³/mol. The number of sulfonamides is 1. The maximum atomic E-state index is 12.7. The van der Waals surface area contributed by atoms with E-state index in [-0.39, 0.29) is 22.9 Å². The van der Waals surface area contributed by atoms with Crippen molar-refractivity contribution in [2.75, 3.05) is 31.5 Å². The average molecular weight is 499 g/mol. The highest BCUT2D eigenvalue weighted by atomic mass is 32.2. The highest BCUT2D eigenvalue weighted by Crippen LogP contribution is 2.24. The summed E-state index contributed by atoms with van der Waals surface area (Å²) in [6, 6.07) is 13.4. The fourth-order valence-corrected chi connectivity index (χ4v) is 4.55. The number of benzene rings is 2. The second kappa shape index (κ2) is 10.2. The van der Waals surface area contributed by atoms with Crippen molar-refractivity contribution in [1.29, 1.82) is 0 Å². The summed E-state index contributed by atoms with van der Waals surface area (Å²) in [6.45, 7) is 8.87. The lowest BCUT2D eigenvalue weighted by molar-refractivity contribution is -0.121. The summed E-state index contributed by atoms with van der Waals surface area (Å²) in [5.41, 5.74) is 2.61. The van der Waals surface area contributed by atoms with Gasteiger partial charge in [-0.2, -0.15) is 4.98 Å². The van der Waals surface area contributed by atoms with Crippen LogP contribution in [-0.2, 0) is 14.8 Å². The molecule has 1 aliphatic heterocycles. The zero-order valence-electron chi connectivity index (χ0n) is 20.0. The number of primary sulfonamides is 1. The van der Waals surface area contributed by atoms with Gasteiger partial charge in [-0.3, -0.25) is 14.6 Å². The minimum absolute atomic E-state index is 0.000947. The number of amides is 1. The Balaban J connectivity index is 1.31. The molecule has 0 aliphatic carbocycles. The molecule has 1 aromatic heterocycles. The highest BCUT2D eigenvalue weighted by molar-refractivity contribution is 7.89. The standard InChI is InChI=1S/C24H30N6O4S/c1-16-4-6-19(7-5-16)22-27-24(34-28-22)18(3)30-14-12-29(13-15-30)17(2)23(31)26-20-8-10-21(11-9-20)35(25,32)33/h4-11,17-18H,12-15H2,1-3H3,(H,26,31)(H2,25,32,33). The van der Waals surface area contributed by atoms with E-state index >= 15 is 0 Å². The Morgan fingerprint density at radius 1 is 1.00 bits per heavy atom. The van der Waals surface area contributed by atoms with Crippen molar-refractivity contribution in [1.82, 2.24) is 19.9 Å². The Labute approximate surface area is 205 Å². The number of carbonyl (C=O) groups excluding carboxylic acids is 1. The van der Waals surface area contributed by atoms with Crippen molar-refractivity contribution in [3.8, 4) is 11.4 Å². The van der Waals surface area contributed by atoms with E-state index in [2.05, 4.69) is 25.3 Å². The van der Waals surface area contributed by atoms with Gasteiger partial charge in [-0.1, -0.05) is 35.0 Å². The van der Waals surface area contributed by atoms with Crippen LogP contribution in [0.4, 0.5) is 5.69 Å². The average Bonchev–Trinajstić information content (AvgIpc) is 3.34. The first-order valence-electron chi connectivity index (χ1n) is 11.4. The Kier molecular flexibility index (Phi) is 7.31. The van der Waals surface area contributed by atoms with Crippen LogP contribution in [0, 0.1) is 6.92 Å². The number of aromatic nitrogens is 2. The first-order valence-corrected chi connectivity index (χ1v) is 13.0. The summed E-state index contributed by atoms with van der Waals surface area (Å²) in [4.78, 5) is 21.7. The first kappa shape index (κ1) is 25.0. The van der Waals surface area contributed by atoms with E-state index in [9.17, 15) is 13.2 Å². The molecule has 2 aromatic carbocycles. The van der Waals surface area contributed by atoms with Crippen LogP contribution >= 0.6 is 0 Å². The van der Waals surface area contributed by atoms with Gasteiger partial charge in [0.15, 0.2) is 0 Å². The van der Waals surface area contributed by atoms with Gasteiger partial charge in [0, 0.05) is 37.4 Å². The van der Waals surface area contributed by atoms with Gasteiger partial charge in [0.1, 0.15) is 0 Å². The Morgan fingerprint density at radius 2 is 1.60 bits per heavy atom. The summed E-state index contributed by atoms with van der Waals surface area (Å²) in [6.07, 6.45) is 0. The van der Waals surface area contributed by atoms with Crippen LogP contribution in [0.25, 0.3) is 11.4 Å². The molecule has 35 heavy (non-hydrogen) atoms. The molecule has 0 bridgehead atoms. The van der Waals surface area contributed by atoms with Crippen LogP contribution in [0.2, 0.25) is 0 Å². The lowest BCUT2D eigenvalue weighted by Crippen LogP contribution is -2.53. The van der Waals surface area contributed by atoms with Gasteiger partial charge in [-0.25, -0.2) is 13.6 Å². The van der Waals surface area contributed by atoms with Crippen molar-refractivity contribution in [2.45, 2.75) is 37.8 Å². The normalized spacial score (nSPS) is 17.1. The zero-order valence-corrected chi connectivity index (χ0v) is 20.8.